The fraction of sp³-hybridized carbons (Fsp3) is 0.733. The van der Waals surface area contributed by atoms with Gasteiger partial charge in [0.2, 0.25) is 5.89 Å². The van der Waals surface area contributed by atoms with Gasteiger partial charge in [0.15, 0.2) is 5.82 Å². The molecule has 8 heteroatoms. The summed E-state index contributed by atoms with van der Waals surface area (Å²) in [6.45, 7) is 8.10. The molecule has 0 spiro atoms. The molecule has 1 aromatic heterocycles. The van der Waals surface area contributed by atoms with Crippen molar-refractivity contribution in [2.45, 2.75) is 45.1 Å². The highest BCUT2D eigenvalue weighted by molar-refractivity contribution is 6.06. The summed E-state index contributed by atoms with van der Waals surface area (Å²) in [6.07, 6.45) is 2.06. The zero-order valence-corrected chi connectivity index (χ0v) is 13.8. The van der Waals surface area contributed by atoms with Gasteiger partial charge in [-0.15, -0.1) is 0 Å². The maximum absolute atomic E-state index is 12.2. The van der Waals surface area contributed by atoms with Gasteiger partial charge in [0.1, 0.15) is 5.54 Å². The second-order valence-corrected chi connectivity index (χ2v) is 6.83. The van der Waals surface area contributed by atoms with Crippen LogP contribution < -0.4 is 5.32 Å². The van der Waals surface area contributed by atoms with Crippen LogP contribution in [0.2, 0.25) is 0 Å². The molecule has 0 radical (unpaired) electrons. The Morgan fingerprint density at radius 2 is 2.13 bits per heavy atom. The van der Waals surface area contributed by atoms with Crippen molar-refractivity contribution in [1.29, 1.82) is 0 Å². The molecule has 0 aliphatic carbocycles. The second-order valence-electron chi connectivity index (χ2n) is 6.83. The fourth-order valence-electron chi connectivity index (χ4n) is 3.20. The number of likely N-dealkylation sites (tertiary alicyclic amines) is 1. The highest BCUT2D eigenvalue weighted by Gasteiger charge is 2.44. The Morgan fingerprint density at radius 3 is 2.74 bits per heavy atom. The van der Waals surface area contributed by atoms with Crippen LogP contribution in [-0.2, 0) is 4.79 Å². The van der Waals surface area contributed by atoms with Gasteiger partial charge < -0.3 is 14.7 Å². The van der Waals surface area contributed by atoms with Gasteiger partial charge in [0.05, 0.1) is 5.92 Å². The van der Waals surface area contributed by atoms with Gasteiger partial charge in [-0.3, -0.25) is 9.69 Å². The van der Waals surface area contributed by atoms with E-state index in [9.17, 15) is 9.59 Å². The van der Waals surface area contributed by atoms with Crippen LogP contribution in [-0.4, -0.2) is 63.6 Å². The van der Waals surface area contributed by atoms with E-state index in [1.807, 2.05) is 6.92 Å². The lowest BCUT2D eigenvalue weighted by molar-refractivity contribution is -0.130. The molecule has 2 aliphatic rings. The topological polar surface area (TPSA) is 91.6 Å². The number of hydrogen-bond acceptors (Lipinski definition) is 6. The van der Waals surface area contributed by atoms with E-state index in [1.165, 1.54) is 4.90 Å². The predicted octanol–water partition coefficient (Wildman–Crippen LogP) is 0.888. The number of nitrogens with one attached hydrogen (secondary N) is 1. The van der Waals surface area contributed by atoms with E-state index < -0.39 is 5.54 Å². The first-order chi connectivity index (χ1) is 10.9. The number of nitrogens with zero attached hydrogens (tertiary/aromatic N) is 4. The van der Waals surface area contributed by atoms with Gasteiger partial charge in [0, 0.05) is 19.6 Å². The minimum atomic E-state index is -0.803. The van der Waals surface area contributed by atoms with Crippen molar-refractivity contribution in [2.24, 2.45) is 0 Å². The van der Waals surface area contributed by atoms with Crippen molar-refractivity contribution < 1.29 is 14.1 Å². The number of amides is 3. The minimum Gasteiger partial charge on any atom is -0.339 e. The number of imide groups is 1. The van der Waals surface area contributed by atoms with Crippen LogP contribution in [0.3, 0.4) is 0 Å². The number of hydrogen-bond donors (Lipinski definition) is 1. The number of rotatable bonds is 4. The van der Waals surface area contributed by atoms with E-state index in [2.05, 4.69) is 20.4 Å². The van der Waals surface area contributed by atoms with Crippen molar-refractivity contribution in [3.63, 3.8) is 0 Å². The molecule has 1 aromatic rings. The molecule has 0 saturated carbocycles. The smallest absolute Gasteiger partial charge is 0.325 e. The van der Waals surface area contributed by atoms with Crippen LogP contribution in [0.25, 0.3) is 0 Å². The van der Waals surface area contributed by atoms with Crippen LogP contribution >= 0.6 is 0 Å². The van der Waals surface area contributed by atoms with Gasteiger partial charge >= 0.3 is 6.03 Å². The third-order valence-corrected chi connectivity index (χ3v) is 4.48. The molecule has 23 heavy (non-hydrogen) atoms. The van der Waals surface area contributed by atoms with E-state index >= 15 is 0 Å². The largest absolute Gasteiger partial charge is 0.339 e. The molecule has 3 rings (SSSR count). The molecule has 3 amide bonds. The Morgan fingerprint density at radius 1 is 1.35 bits per heavy atom. The Kier molecular flexibility index (Phi) is 4.09. The lowest BCUT2D eigenvalue weighted by Gasteiger charge is -2.31. The van der Waals surface area contributed by atoms with Gasteiger partial charge in [-0.2, -0.15) is 4.98 Å². The average Bonchev–Trinajstić information content (AvgIpc) is 3.00. The number of carbonyl (C=O) groups excluding carboxylic acids is 2. The summed E-state index contributed by atoms with van der Waals surface area (Å²) in [5, 5.41) is 6.56. The predicted molar refractivity (Wildman–Crippen MR) is 81.8 cm³/mol. The molecule has 2 saturated heterocycles. The molecule has 126 valence electrons. The summed E-state index contributed by atoms with van der Waals surface area (Å²) in [4.78, 5) is 32.0. The van der Waals surface area contributed by atoms with Gasteiger partial charge in [-0.05, 0) is 40.2 Å². The van der Waals surface area contributed by atoms with Gasteiger partial charge in [-0.25, -0.2) is 4.79 Å². The zero-order valence-electron chi connectivity index (χ0n) is 13.8. The first-order valence-corrected chi connectivity index (χ1v) is 8.03. The average molecular weight is 321 g/mol. The van der Waals surface area contributed by atoms with Crippen LogP contribution in [0.5, 0.6) is 0 Å². The third-order valence-electron chi connectivity index (χ3n) is 4.48. The highest BCUT2D eigenvalue weighted by atomic mass is 16.5. The maximum Gasteiger partial charge on any atom is 0.325 e. The Bertz CT molecular complexity index is 612. The molecule has 2 aliphatic heterocycles. The van der Waals surface area contributed by atoms with E-state index in [0.717, 1.165) is 25.9 Å². The summed E-state index contributed by atoms with van der Waals surface area (Å²) in [5.74, 6) is 1.40. The summed E-state index contributed by atoms with van der Waals surface area (Å²) >= 11 is 0. The van der Waals surface area contributed by atoms with Crippen LogP contribution in [0.4, 0.5) is 4.79 Å². The first kappa shape index (κ1) is 15.9. The number of carbonyl (C=O) groups is 2. The minimum absolute atomic E-state index is 0.163. The number of piperidine rings is 1. The summed E-state index contributed by atoms with van der Waals surface area (Å²) in [7, 11) is 0. The summed E-state index contributed by atoms with van der Waals surface area (Å²) < 4.78 is 5.28. The van der Waals surface area contributed by atoms with Crippen LogP contribution in [0.1, 0.15) is 44.3 Å². The lowest BCUT2D eigenvalue weighted by atomic mass is 9.98. The standard InChI is InChI=1S/C15H23N5O3/c1-10-16-12(23-18-10)11-5-4-6-19(9-11)7-8-20-13(21)15(2,3)17-14(20)22/h11H,4-9H2,1-3H3,(H,17,22). The van der Waals surface area contributed by atoms with Crippen LogP contribution in [0.15, 0.2) is 4.52 Å². The SMILES string of the molecule is Cc1noc(C2CCCN(CCN3C(=O)NC(C)(C)C3=O)C2)n1. The normalized spacial score (nSPS) is 25.0. The molecule has 1 unspecified atom stereocenters. The van der Waals surface area contributed by atoms with Crippen molar-refractivity contribution in [1.82, 2.24) is 25.3 Å². The molecule has 0 aromatic carbocycles. The number of urea groups is 1. The van der Waals surface area contributed by atoms with Crippen molar-refractivity contribution >= 4 is 11.9 Å². The molecule has 1 N–H and O–H groups in total. The van der Waals surface area contributed by atoms with Gasteiger partial charge in [0.25, 0.3) is 5.91 Å². The van der Waals surface area contributed by atoms with Crippen molar-refractivity contribution in [3.8, 4) is 0 Å². The lowest BCUT2D eigenvalue weighted by Crippen LogP contribution is -2.43. The molecule has 0 bridgehead atoms. The van der Waals surface area contributed by atoms with E-state index in [0.29, 0.717) is 24.8 Å². The zero-order chi connectivity index (χ0) is 16.6. The van der Waals surface area contributed by atoms with Crippen LogP contribution in [0, 0.1) is 6.92 Å². The monoisotopic (exact) mass is 321 g/mol. The number of aromatic nitrogens is 2. The highest BCUT2D eigenvalue weighted by Crippen LogP contribution is 2.25. The first-order valence-electron chi connectivity index (χ1n) is 8.03. The Hall–Kier alpha value is -1.96. The molecular formula is C15H23N5O3. The molecule has 1 atom stereocenters. The van der Waals surface area contributed by atoms with E-state index in [1.54, 1.807) is 13.8 Å². The molecular weight excluding hydrogens is 298 g/mol. The Labute approximate surface area is 135 Å². The van der Waals surface area contributed by atoms with Crippen molar-refractivity contribution in [3.05, 3.63) is 11.7 Å². The van der Waals surface area contributed by atoms with Crippen molar-refractivity contribution in [2.75, 3.05) is 26.2 Å². The fourth-order valence-corrected chi connectivity index (χ4v) is 3.20. The molecule has 2 fully saturated rings. The molecule has 8 nitrogen and oxygen atoms in total. The van der Waals surface area contributed by atoms with E-state index in [-0.39, 0.29) is 17.9 Å². The Balaban J connectivity index is 1.56. The van der Waals surface area contributed by atoms with Gasteiger partial charge in [-0.1, -0.05) is 5.16 Å². The quantitative estimate of drug-likeness (QED) is 0.828. The third kappa shape index (κ3) is 3.21. The maximum atomic E-state index is 12.2. The number of aryl methyl sites for hydroxylation is 1. The van der Waals surface area contributed by atoms with E-state index in [4.69, 9.17) is 4.52 Å². The summed E-state index contributed by atoms with van der Waals surface area (Å²) in [6, 6.07) is -0.305. The summed E-state index contributed by atoms with van der Waals surface area (Å²) in [5.41, 5.74) is -0.803. The molecule has 3 heterocycles. The second kappa shape index (κ2) is 5.92.